The van der Waals surface area contributed by atoms with Gasteiger partial charge in [0.15, 0.2) is 23.9 Å². The molecule has 0 radical (unpaired) electrons. The predicted molar refractivity (Wildman–Crippen MR) is 106 cm³/mol. The summed E-state index contributed by atoms with van der Waals surface area (Å²) in [4.78, 5) is 13.0. The Morgan fingerprint density at radius 2 is 1.71 bits per heavy atom. The third kappa shape index (κ3) is 2.44. The van der Waals surface area contributed by atoms with Crippen molar-refractivity contribution in [2.45, 2.75) is 18.1 Å². The standard InChI is InChI=1S/C23H19NO4/c25-12-17-21(26)22(27)19-18(14-7-2-1-3-8-14)16-11-10-13-6-4-5-9-15(13)20(16)24-23(19)28-17/h1-11,17-18,21,24-26H,12H2/t17-,18-,21-/m1/s1. The molecular weight excluding hydrogens is 354 g/mol. The normalized spacial score (nSPS) is 23.6. The van der Waals surface area contributed by atoms with E-state index in [2.05, 4.69) is 5.32 Å². The Bertz CT molecular complexity index is 1110. The highest BCUT2D eigenvalue weighted by Crippen LogP contribution is 2.47. The molecule has 2 aliphatic heterocycles. The van der Waals surface area contributed by atoms with E-state index in [1.54, 1.807) is 0 Å². The highest BCUT2D eigenvalue weighted by atomic mass is 16.5. The van der Waals surface area contributed by atoms with Gasteiger partial charge in [-0.1, -0.05) is 66.7 Å². The highest BCUT2D eigenvalue weighted by Gasteiger charge is 2.44. The molecule has 0 aliphatic carbocycles. The van der Waals surface area contributed by atoms with Crippen molar-refractivity contribution in [3.05, 3.63) is 89.3 Å². The van der Waals surface area contributed by atoms with Gasteiger partial charge in [-0.25, -0.2) is 0 Å². The molecule has 0 bridgehead atoms. The lowest BCUT2D eigenvalue weighted by Crippen LogP contribution is -2.46. The molecular formula is C23H19NO4. The Hall–Kier alpha value is -3.15. The first-order valence-corrected chi connectivity index (χ1v) is 9.26. The predicted octanol–water partition coefficient (Wildman–Crippen LogP) is 2.93. The minimum absolute atomic E-state index is 0.312. The molecule has 28 heavy (non-hydrogen) atoms. The number of aliphatic hydroxyl groups is 2. The number of fused-ring (bicyclic) bond motifs is 3. The zero-order valence-electron chi connectivity index (χ0n) is 15.0. The number of ketones is 1. The lowest BCUT2D eigenvalue weighted by Gasteiger charge is -2.38. The number of benzene rings is 3. The Kier molecular flexibility index (Phi) is 3.93. The topological polar surface area (TPSA) is 78.8 Å². The molecule has 0 saturated carbocycles. The van der Waals surface area contributed by atoms with Crippen molar-refractivity contribution in [3.63, 3.8) is 0 Å². The summed E-state index contributed by atoms with van der Waals surface area (Å²) >= 11 is 0. The Morgan fingerprint density at radius 3 is 2.50 bits per heavy atom. The first kappa shape index (κ1) is 17.0. The molecule has 140 valence electrons. The van der Waals surface area contributed by atoms with E-state index < -0.39 is 24.6 Å². The van der Waals surface area contributed by atoms with E-state index in [4.69, 9.17) is 4.74 Å². The van der Waals surface area contributed by atoms with E-state index in [0.717, 1.165) is 27.6 Å². The highest BCUT2D eigenvalue weighted by molar-refractivity contribution is 6.06. The van der Waals surface area contributed by atoms with Gasteiger partial charge in [-0.3, -0.25) is 4.79 Å². The van der Waals surface area contributed by atoms with Crippen LogP contribution in [0.25, 0.3) is 10.8 Å². The van der Waals surface area contributed by atoms with E-state index in [-0.39, 0.29) is 5.92 Å². The van der Waals surface area contributed by atoms with Gasteiger partial charge in [0.1, 0.15) is 0 Å². The maximum atomic E-state index is 13.0. The average molecular weight is 373 g/mol. The Labute approximate surface area is 161 Å². The third-order valence-electron chi connectivity index (χ3n) is 5.51. The molecule has 5 rings (SSSR count). The number of hydrogen-bond donors (Lipinski definition) is 3. The van der Waals surface area contributed by atoms with E-state index in [1.165, 1.54) is 0 Å². The zero-order chi connectivity index (χ0) is 19.3. The molecule has 0 amide bonds. The second kappa shape index (κ2) is 6.48. The van der Waals surface area contributed by atoms with E-state index in [0.29, 0.717) is 11.5 Å². The number of Topliss-reactive ketones (excluding diaryl/α,β-unsaturated/α-hetero) is 1. The molecule has 5 nitrogen and oxygen atoms in total. The second-order valence-electron chi connectivity index (χ2n) is 7.11. The van der Waals surface area contributed by atoms with Crippen LogP contribution in [-0.4, -0.2) is 34.8 Å². The minimum Gasteiger partial charge on any atom is -0.470 e. The van der Waals surface area contributed by atoms with Gasteiger partial charge in [-0.15, -0.1) is 0 Å². The van der Waals surface area contributed by atoms with Gasteiger partial charge in [0.2, 0.25) is 0 Å². The fourth-order valence-corrected chi connectivity index (χ4v) is 4.16. The molecule has 3 atom stereocenters. The van der Waals surface area contributed by atoms with Crippen LogP contribution < -0.4 is 5.32 Å². The number of nitrogens with one attached hydrogen (secondary N) is 1. The number of anilines is 1. The molecule has 2 aliphatic rings. The molecule has 3 aromatic rings. The zero-order valence-corrected chi connectivity index (χ0v) is 15.0. The van der Waals surface area contributed by atoms with Crippen molar-refractivity contribution in [2.24, 2.45) is 0 Å². The van der Waals surface area contributed by atoms with E-state index >= 15 is 0 Å². The lowest BCUT2D eigenvalue weighted by atomic mass is 9.77. The Balaban J connectivity index is 1.78. The van der Waals surface area contributed by atoms with Gasteiger partial charge in [-0.05, 0) is 16.5 Å². The summed E-state index contributed by atoms with van der Waals surface area (Å²) in [5.41, 5.74) is 3.17. The van der Waals surface area contributed by atoms with Crippen LogP contribution in [0.1, 0.15) is 17.0 Å². The number of aliphatic hydroxyl groups excluding tert-OH is 2. The second-order valence-corrected chi connectivity index (χ2v) is 7.11. The van der Waals surface area contributed by atoms with Crippen molar-refractivity contribution in [2.75, 3.05) is 11.9 Å². The molecule has 0 spiro atoms. The van der Waals surface area contributed by atoms with Gasteiger partial charge in [0.05, 0.1) is 17.9 Å². The van der Waals surface area contributed by atoms with Gasteiger partial charge in [0, 0.05) is 11.3 Å². The largest absolute Gasteiger partial charge is 0.470 e. The van der Waals surface area contributed by atoms with Crippen LogP contribution in [0.3, 0.4) is 0 Å². The Morgan fingerprint density at radius 1 is 0.964 bits per heavy atom. The maximum Gasteiger partial charge on any atom is 0.199 e. The smallest absolute Gasteiger partial charge is 0.199 e. The molecule has 0 saturated heterocycles. The quantitative estimate of drug-likeness (QED) is 0.644. The number of rotatable bonds is 2. The summed E-state index contributed by atoms with van der Waals surface area (Å²) < 4.78 is 5.83. The number of hydrogen-bond acceptors (Lipinski definition) is 5. The van der Waals surface area contributed by atoms with Crippen molar-refractivity contribution in [1.29, 1.82) is 0 Å². The number of carbonyl (C=O) groups excluding carboxylic acids is 1. The van der Waals surface area contributed by atoms with Crippen LogP contribution in [0.2, 0.25) is 0 Å². The summed E-state index contributed by atoms with van der Waals surface area (Å²) in [6.07, 6.45) is -2.37. The van der Waals surface area contributed by atoms with Crippen LogP contribution in [-0.2, 0) is 9.53 Å². The fraction of sp³-hybridized carbons (Fsp3) is 0.174. The van der Waals surface area contributed by atoms with Crippen molar-refractivity contribution in [3.8, 4) is 0 Å². The summed E-state index contributed by atoms with van der Waals surface area (Å²) in [5, 5.41) is 25.3. The SMILES string of the molecule is O=C1C2=C(Nc3c(ccc4ccccc34)[C@H]2c2ccccc2)O[C@H](CO)[C@H]1O. The minimum atomic E-state index is -1.39. The van der Waals surface area contributed by atoms with Crippen LogP contribution in [0.15, 0.2) is 78.2 Å². The van der Waals surface area contributed by atoms with Crippen molar-refractivity contribution in [1.82, 2.24) is 0 Å². The van der Waals surface area contributed by atoms with Crippen molar-refractivity contribution >= 4 is 22.2 Å². The number of ether oxygens (including phenoxy) is 1. The van der Waals surface area contributed by atoms with Gasteiger partial charge < -0.3 is 20.3 Å². The summed E-state index contributed by atoms with van der Waals surface area (Å²) in [6.45, 7) is -0.441. The fourth-order valence-electron chi connectivity index (χ4n) is 4.16. The molecule has 0 unspecified atom stereocenters. The van der Waals surface area contributed by atoms with Gasteiger partial charge >= 0.3 is 0 Å². The van der Waals surface area contributed by atoms with E-state index in [1.807, 2.05) is 66.7 Å². The van der Waals surface area contributed by atoms with Crippen LogP contribution in [0.4, 0.5) is 5.69 Å². The van der Waals surface area contributed by atoms with E-state index in [9.17, 15) is 15.0 Å². The molecule has 0 aromatic heterocycles. The van der Waals surface area contributed by atoms with Crippen molar-refractivity contribution < 1.29 is 19.7 Å². The number of carbonyl (C=O) groups is 1. The maximum absolute atomic E-state index is 13.0. The first-order valence-electron chi connectivity index (χ1n) is 9.26. The molecule has 2 heterocycles. The lowest BCUT2D eigenvalue weighted by molar-refractivity contribution is -0.136. The average Bonchev–Trinajstić information content (AvgIpc) is 2.75. The molecule has 5 heteroatoms. The molecule has 3 N–H and O–H groups in total. The van der Waals surface area contributed by atoms with Crippen LogP contribution in [0.5, 0.6) is 0 Å². The van der Waals surface area contributed by atoms with Gasteiger partial charge in [0.25, 0.3) is 0 Å². The third-order valence-corrected chi connectivity index (χ3v) is 5.51. The van der Waals surface area contributed by atoms with Gasteiger partial charge in [-0.2, -0.15) is 0 Å². The van der Waals surface area contributed by atoms with Crippen LogP contribution >= 0.6 is 0 Å². The molecule has 3 aromatic carbocycles. The molecule has 0 fully saturated rings. The monoisotopic (exact) mass is 373 g/mol. The van der Waals surface area contributed by atoms with Crippen LogP contribution in [0, 0.1) is 0 Å². The summed E-state index contributed by atoms with van der Waals surface area (Å²) in [7, 11) is 0. The summed E-state index contributed by atoms with van der Waals surface area (Å²) in [6, 6.07) is 21.8. The first-order chi connectivity index (χ1) is 13.7. The summed E-state index contributed by atoms with van der Waals surface area (Å²) in [5.74, 6) is -0.466.